The van der Waals surface area contributed by atoms with Crippen LogP contribution >= 0.6 is 0 Å². The number of methoxy groups -OCH3 is 2. The lowest BCUT2D eigenvalue weighted by Crippen LogP contribution is -2.33. The first-order valence-electron chi connectivity index (χ1n) is 15.9. The maximum atomic E-state index is 12.8. The number of benzene rings is 3. The van der Waals surface area contributed by atoms with E-state index in [0.29, 0.717) is 12.1 Å². The summed E-state index contributed by atoms with van der Waals surface area (Å²) in [6.07, 6.45) is 4.17. The van der Waals surface area contributed by atoms with Gasteiger partial charge in [-0.1, -0.05) is 75.3 Å². The molecule has 231 valence electrons. The number of para-hydroxylation sites is 1. The van der Waals surface area contributed by atoms with Crippen molar-refractivity contribution in [1.82, 2.24) is 10.2 Å². The number of hydrogen-bond donors (Lipinski definition) is 1. The van der Waals surface area contributed by atoms with Gasteiger partial charge in [-0.2, -0.15) is 0 Å². The van der Waals surface area contributed by atoms with Crippen LogP contribution in [0.4, 0.5) is 0 Å². The Morgan fingerprint density at radius 1 is 0.930 bits per heavy atom. The standard InChI is InChI=1S/C30H34N2O4.C6H15Si/c1-34-27-12-11-21(18-28(27)35-2)17-25-20-23-8-6-10-26(29(23)36-25)22-7-5-9-24(19-22)30(33)31-13-16-32-14-3-4-15-32;1-4-7(5-2)6-3/h5-12,18-19,25H,3-4,13-17,20H2,1-2H3,(H,31,33);4-6H2,1-3H3. The third-order valence-electron chi connectivity index (χ3n) is 8.59. The molecule has 0 aliphatic carbocycles. The van der Waals surface area contributed by atoms with E-state index in [2.05, 4.69) is 55.3 Å². The molecule has 0 saturated carbocycles. The van der Waals surface area contributed by atoms with E-state index in [1.54, 1.807) is 14.2 Å². The molecule has 5 rings (SSSR count). The molecular weight excluding hydrogens is 552 g/mol. The van der Waals surface area contributed by atoms with E-state index >= 15 is 0 Å². The Morgan fingerprint density at radius 2 is 1.65 bits per heavy atom. The SMILES string of the molecule is CC[Si](CC)CC.COc1ccc(CC2Cc3cccc(-c4cccc(C(=O)NCCN5CCCC5)c4)c3O2)cc1OC. The van der Waals surface area contributed by atoms with Crippen LogP contribution in [0.2, 0.25) is 18.1 Å². The predicted molar refractivity (Wildman–Crippen MR) is 178 cm³/mol. The summed E-state index contributed by atoms with van der Waals surface area (Å²) in [6.45, 7) is 10.8. The van der Waals surface area contributed by atoms with Crippen molar-refractivity contribution >= 4 is 14.7 Å². The summed E-state index contributed by atoms with van der Waals surface area (Å²) in [5.74, 6) is 2.33. The summed E-state index contributed by atoms with van der Waals surface area (Å²) in [6, 6.07) is 24.5. The molecule has 1 saturated heterocycles. The molecule has 1 radical (unpaired) electrons. The highest BCUT2D eigenvalue weighted by Crippen LogP contribution is 2.40. The first-order chi connectivity index (χ1) is 21.0. The van der Waals surface area contributed by atoms with E-state index < -0.39 is 0 Å². The molecule has 0 spiro atoms. The highest BCUT2D eigenvalue weighted by molar-refractivity contribution is 6.58. The van der Waals surface area contributed by atoms with Gasteiger partial charge in [-0.15, -0.1) is 0 Å². The van der Waals surface area contributed by atoms with Crippen molar-refractivity contribution < 1.29 is 19.0 Å². The number of nitrogens with zero attached hydrogens (tertiary/aromatic N) is 1. The van der Waals surface area contributed by atoms with E-state index in [1.807, 2.05) is 36.4 Å². The Hall–Kier alpha value is -3.29. The van der Waals surface area contributed by atoms with E-state index in [-0.39, 0.29) is 20.8 Å². The first kappa shape index (κ1) is 32.6. The Bertz CT molecular complexity index is 1310. The first-order valence-corrected chi connectivity index (χ1v) is 18.1. The van der Waals surface area contributed by atoms with Crippen LogP contribution in [0.15, 0.2) is 60.7 Å². The van der Waals surface area contributed by atoms with Crippen molar-refractivity contribution in [3.63, 3.8) is 0 Å². The van der Waals surface area contributed by atoms with Gasteiger partial charge in [-0.05, 0) is 66.9 Å². The van der Waals surface area contributed by atoms with Crippen molar-refractivity contribution in [2.45, 2.75) is 70.7 Å². The summed E-state index contributed by atoms with van der Waals surface area (Å²) >= 11 is 0. The number of rotatable bonds is 12. The molecule has 1 fully saturated rings. The molecular formula is C36H49N2O4Si. The fraction of sp³-hybridized carbons (Fsp3) is 0.472. The van der Waals surface area contributed by atoms with Gasteiger partial charge in [0.1, 0.15) is 11.9 Å². The normalized spacial score (nSPS) is 15.8. The molecule has 6 nitrogen and oxygen atoms in total. The van der Waals surface area contributed by atoms with Gasteiger partial charge in [0.25, 0.3) is 5.91 Å². The molecule has 3 aromatic carbocycles. The minimum Gasteiger partial charge on any atom is -0.493 e. The van der Waals surface area contributed by atoms with Gasteiger partial charge in [0.2, 0.25) is 0 Å². The van der Waals surface area contributed by atoms with Crippen molar-refractivity contribution in [1.29, 1.82) is 0 Å². The molecule has 1 amide bonds. The minimum absolute atomic E-state index is 0.0316. The van der Waals surface area contributed by atoms with Crippen LogP contribution in [0.25, 0.3) is 11.1 Å². The molecule has 0 aromatic heterocycles. The minimum atomic E-state index is -0.0316. The lowest BCUT2D eigenvalue weighted by Gasteiger charge is -2.15. The molecule has 0 bridgehead atoms. The summed E-state index contributed by atoms with van der Waals surface area (Å²) in [5.41, 5.74) is 5.02. The molecule has 1 unspecified atom stereocenters. The second kappa shape index (κ2) is 16.5. The maximum Gasteiger partial charge on any atom is 0.251 e. The number of carbonyl (C=O) groups excluding carboxylic acids is 1. The van der Waals surface area contributed by atoms with E-state index in [1.165, 1.54) is 36.5 Å². The summed E-state index contributed by atoms with van der Waals surface area (Å²) in [5, 5.41) is 3.08. The predicted octanol–water partition coefficient (Wildman–Crippen LogP) is 7.28. The van der Waals surface area contributed by atoms with Crippen molar-refractivity contribution in [3.8, 4) is 28.4 Å². The highest BCUT2D eigenvalue weighted by atomic mass is 28.3. The summed E-state index contributed by atoms with van der Waals surface area (Å²) in [4.78, 5) is 15.2. The van der Waals surface area contributed by atoms with Crippen LogP contribution in [0.3, 0.4) is 0 Å². The van der Waals surface area contributed by atoms with E-state index in [0.717, 1.165) is 66.4 Å². The molecule has 2 heterocycles. The lowest BCUT2D eigenvalue weighted by molar-refractivity contribution is 0.0949. The fourth-order valence-electron chi connectivity index (χ4n) is 5.96. The smallest absolute Gasteiger partial charge is 0.251 e. The van der Waals surface area contributed by atoms with Gasteiger partial charge in [0.05, 0.1) is 14.2 Å². The zero-order chi connectivity index (χ0) is 30.6. The van der Waals surface area contributed by atoms with Gasteiger partial charge in [-0.25, -0.2) is 0 Å². The van der Waals surface area contributed by atoms with Crippen LogP contribution in [0.5, 0.6) is 17.2 Å². The average Bonchev–Trinajstić information content (AvgIpc) is 3.72. The second-order valence-corrected chi connectivity index (χ2v) is 14.9. The van der Waals surface area contributed by atoms with Gasteiger partial charge in [-0.3, -0.25) is 4.79 Å². The Morgan fingerprint density at radius 3 is 2.33 bits per heavy atom. The molecule has 2 aliphatic heterocycles. The van der Waals surface area contributed by atoms with E-state index in [4.69, 9.17) is 14.2 Å². The Kier molecular flexibility index (Phi) is 12.5. The van der Waals surface area contributed by atoms with Crippen LogP contribution in [-0.4, -0.2) is 66.1 Å². The molecule has 43 heavy (non-hydrogen) atoms. The zero-order valence-corrected chi connectivity index (χ0v) is 27.7. The third-order valence-corrected chi connectivity index (χ3v) is 11.6. The quantitative estimate of drug-likeness (QED) is 0.221. The van der Waals surface area contributed by atoms with Crippen LogP contribution in [-0.2, 0) is 12.8 Å². The zero-order valence-electron chi connectivity index (χ0n) is 26.7. The van der Waals surface area contributed by atoms with Gasteiger partial charge >= 0.3 is 0 Å². The second-order valence-electron chi connectivity index (χ2n) is 11.3. The van der Waals surface area contributed by atoms with Crippen molar-refractivity contribution in [2.24, 2.45) is 0 Å². The number of likely N-dealkylation sites (tertiary alicyclic amines) is 1. The van der Waals surface area contributed by atoms with Crippen LogP contribution in [0, 0.1) is 0 Å². The number of ether oxygens (including phenoxy) is 3. The molecule has 1 atom stereocenters. The fourth-order valence-corrected chi connectivity index (χ4v) is 7.46. The summed E-state index contributed by atoms with van der Waals surface area (Å²) in [7, 11) is 3.43. The lowest BCUT2D eigenvalue weighted by atomic mass is 9.98. The van der Waals surface area contributed by atoms with E-state index in [9.17, 15) is 4.79 Å². The third kappa shape index (κ3) is 8.86. The van der Waals surface area contributed by atoms with Crippen molar-refractivity contribution in [2.75, 3.05) is 40.4 Å². The Balaban J connectivity index is 0.000000541. The average molecular weight is 602 g/mol. The molecule has 1 N–H and O–H groups in total. The topological polar surface area (TPSA) is 60.0 Å². The monoisotopic (exact) mass is 601 g/mol. The Labute approximate surface area is 260 Å². The molecule has 2 aliphatic rings. The molecule has 3 aromatic rings. The largest absolute Gasteiger partial charge is 0.493 e. The maximum absolute atomic E-state index is 12.8. The highest BCUT2D eigenvalue weighted by Gasteiger charge is 2.26. The number of hydrogen-bond acceptors (Lipinski definition) is 5. The van der Waals surface area contributed by atoms with Gasteiger partial charge in [0, 0.05) is 45.9 Å². The number of amides is 1. The van der Waals surface area contributed by atoms with Gasteiger partial charge in [0.15, 0.2) is 11.5 Å². The number of nitrogens with one attached hydrogen (secondary N) is 1. The van der Waals surface area contributed by atoms with Crippen LogP contribution < -0.4 is 19.5 Å². The number of fused-ring (bicyclic) bond motifs is 1. The number of carbonyl (C=O) groups is 1. The molecule has 7 heteroatoms. The van der Waals surface area contributed by atoms with Crippen LogP contribution in [0.1, 0.15) is 55.1 Å². The van der Waals surface area contributed by atoms with Gasteiger partial charge < -0.3 is 24.4 Å². The van der Waals surface area contributed by atoms with Crippen molar-refractivity contribution in [3.05, 3.63) is 77.4 Å². The summed E-state index contributed by atoms with van der Waals surface area (Å²) < 4.78 is 17.3.